The Morgan fingerprint density at radius 2 is 2.09 bits per heavy atom. The van der Waals surface area contributed by atoms with Crippen LogP contribution in [0.1, 0.15) is 17.3 Å². The minimum Gasteiger partial charge on any atom is -0.494 e. The van der Waals surface area contributed by atoms with Gasteiger partial charge < -0.3 is 14.8 Å². The fourth-order valence-corrected chi connectivity index (χ4v) is 2.39. The Kier molecular flexibility index (Phi) is 4.52. The molecule has 120 valence electrons. The number of amides is 1. The highest BCUT2D eigenvalue weighted by atomic mass is 35.5. The molecule has 1 amide bonds. The molecule has 0 saturated heterocycles. The minimum absolute atomic E-state index is 0.158. The Labute approximate surface area is 138 Å². The smallest absolute Gasteiger partial charge is 0.290 e. The zero-order chi connectivity index (χ0) is 16.2. The molecule has 0 unspecified atom stereocenters. The summed E-state index contributed by atoms with van der Waals surface area (Å²) in [6.45, 7) is 0.798. The highest BCUT2D eigenvalue weighted by molar-refractivity contribution is 6.30. The van der Waals surface area contributed by atoms with Crippen molar-refractivity contribution in [3.8, 4) is 0 Å². The van der Waals surface area contributed by atoms with Crippen molar-refractivity contribution < 1.29 is 14.3 Å². The van der Waals surface area contributed by atoms with Gasteiger partial charge in [-0.1, -0.05) is 23.7 Å². The Morgan fingerprint density at radius 1 is 1.30 bits per heavy atom. The molecule has 1 aromatic carbocycles. The molecule has 7 heteroatoms. The average molecular weight is 334 g/mol. The molecule has 1 aliphatic rings. The van der Waals surface area contributed by atoms with Crippen LogP contribution in [0, 0.1) is 0 Å². The maximum atomic E-state index is 12.4. The molecule has 0 bridgehead atoms. The molecule has 6 nitrogen and oxygen atoms in total. The standard InChI is InChI=1S/C16H16ClN3O3/c1-20-7-6-13(19-20)15(11-2-4-12(17)5-3-11)18-16(21)14-10-22-8-9-23-14/h2-7,10,15H,8-9H2,1H3,(H,18,21)/t15-/m1/s1. The molecule has 0 saturated carbocycles. The number of rotatable bonds is 4. The molecule has 1 aliphatic heterocycles. The molecule has 0 radical (unpaired) electrons. The second kappa shape index (κ2) is 6.75. The molecule has 23 heavy (non-hydrogen) atoms. The van der Waals surface area contributed by atoms with E-state index in [4.69, 9.17) is 21.1 Å². The fraction of sp³-hybridized carbons (Fsp3) is 0.250. The molecule has 0 aliphatic carbocycles. The van der Waals surface area contributed by atoms with Gasteiger partial charge in [0.15, 0.2) is 0 Å². The van der Waals surface area contributed by atoms with Crippen LogP contribution in [0.25, 0.3) is 0 Å². The van der Waals surface area contributed by atoms with Crippen molar-refractivity contribution in [2.24, 2.45) is 7.05 Å². The maximum Gasteiger partial charge on any atom is 0.290 e. The third-order valence-corrected chi connectivity index (χ3v) is 3.63. The van der Waals surface area contributed by atoms with Gasteiger partial charge >= 0.3 is 0 Å². The largest absolute Gasteiger partial charge is 0.494 e. The van der Waals surface area contributed by atoms with E-state index >= 15 is 0 Å². The normalized spacial score (nSPS) is 15.1. The topological polar surface area (TPSA) is 65.4 Å². The molecule has 2 heterocycles. The molecule has 3 rings (SSSR count). The second-order valence-corrected chi connectivity index (χ2v) is 5.51. The minimum atomic E-state index is -0.410. The van der Waals surface area contributed by atoms with Crippen LogP contribution in [0.4, 0.5) is 0 Å². The van der Waals surface area contributed by atoms with Gasteiger partial charge in [0.2, 0.25) is 5.76 Å². The van der Waals surface area contributed by atoms with Crippen LogP contribution in [-0.4, -0.2) is 28.9 Å². The lowest BCUT2D eigenvalue weighted by Crippen LogP contribution is -2.33. The van der Waals surface area contributed by atoms with Gasteiger partial charge in [-0.05, 0) is 23.8 Å². The third-order valence-electron chi connectivity index (χ3n) is 3.38. The number of ether oxygens (including phenoxy) is 2. The fourth-order valence-electron chi connectivity index (χ4n) is 2.26. The van der Waals surface area contributed by atoms with Gasteiger partial charge in [-0.2, -0.15) is 5.10 Å². The monoisotopic (exact) mass is 333 g/mol. The van der Waals surface area contributed by atoms with E-state index in [-0.39, 0.29) is 11.7 Å². The van der Waals surface area contributed by atoms with Crippen LogP contribution >= 0.6 is 11.6 Å². The quantitative estimate of drug-likeness (QED) is 0.931. The molecule has 0 spiro atoms. The first-order valence-electron chi connectivity index (χ1n) is 7.14. The Bertz CT molecular complexity index is 724. The van der Waals surface area contributed by atoms with Crippen LogP contribution in [0.3, 0.4) is 0 Å². The number of hydrogen-bond acceptors (Lipinski definition) is 4. The number of hydrogen-bond donors (Lipinski definition) is 1. The molecule has 1 atom stereocenters. The van der Waals surface area contributed by atoms with E-state index in [1.807, 2.05) is 31.4 Å². The van der Waals surface area contributed by atoms with Crippen LogP contribution in [0.5, 0.6) is 0 Å². The molecule has 0 fully saturated rings. The summed E-state index contributed by atoms with van der Waals surface area (Å²) in [5.74, 6) is -0.193. The summed E-state index contributed by atoms with van der Waals surface area (Å²) >= 11 is 5.94. The first kappa shape index (κ1) is 15.4. The lowest BCUT2D eigenvalue weighted by molar-refractivity contribution is -0.122. The summed E-state index contributed by atoms with van der Waals surface area (Å²) in [6.07, 6.45) is 3.15. The number of nitrogens with one attached hydrogen (secondary N) is 1. The van der Waals surface area contributed by atoms with Crippen LogP contribution in [0.2, 0.25) is 5.02 Å². The predicted molar refractivity (Wildman–Crippen MR) is 84.6 cm³/mol. The summed E-state index contributed by atoms with van der Waals surface area (Å²) in [4.78, 5) is 12.4. The van der Waals surface area contributed by atoms with Crippen molar-refractivity contribution in [3.05, 3.63) is 64.8 Å². The molecular weight excluding hydrogens is 318 g/mol. The van der Waals surface area contributed by atoms with E-state index in [0.717, 1.165) is 11.3 Å². The van der Waals surface area contributed by atoms with E-state index in [0.29, 0.717) is 18.2 Å². The number of halogens is 1. The lowest BCUT2D eigenvalue weighted by atomic mass is 10.0. The first-order chi connectivity index (χ1) is 11.1. The summed E-state index contributed by atoms with van der Waals surface area (Å²) in [5, 5.41) is 7.94. The SMILES string of the molecule is Cn1ccc([C@H](NC(=O)C2=COCCO2)c2ccc(Cl)cc2)n1. The highest BCUT2D eigenvalue weighted by Crippen LogP contribution is 2.23. The van der Waals surface area contributed by atoms with Gasteiger partial charge in [0.05, 0.1) is 11.7 Å². The maximum absolute atomic E-state index is 12.4. The zero-order valence-corrected chi connectivity index (χ0v) is 13.3. The van der Waals surface area contributed by atoms with Gasteiger partial charge in [-0.25, -0.2) is 0 Å². The average Bonchev–Trinajstić information content (AvgIpc) is 3.00. The number of nitrogens with zero attached hydrogens (tertiary/aromatic N) is 2. The van der Waals surface area contributed by atoms with E-state index in [1.54, 1.807) is 16.8 Å². The summed E-state index contributed by atoms with van der Waals surface area (Å²) in [6, 6.07) is 8.71. The van der Waals surface area contributed by atoms with Crippen LogP contribution in [0.15, 0.2) is 48.5 Å². The van der Waals surface area contributed by atoms with Crippen LogP contribution in [-0.2, 0) is 21.3 Å². The van der Waals surface area contributed by atoms with Gasteiger partial charge in [0, 0.05) is 18.3 Å². The first-order valence-corrected chi connectivity index (χ1v) is 7.52. The van der Waals surface area contributed by atoms with Crippen molar-refractivity contribution in [3.63, 3.8) is 0 Å². The molecular formula is C16H16ClN3O3. The van der Waals surface area contributed by atoms with Crippen molar-refractivity contribution in [2.75, 3.05) is 13.2 Å². The lowest BCUT2D eigenvalue weighted by Gasteiger charge is -2.20. The number of aryl methyl sites for hydroxylation is 1. The van der Waals surface area contributed by atoms with Crippen molar-refractivity contribution >= 4 is 17.5 Å². The third kappa shape index (κ3) is 3.65. The predicted octanol–water partition coefficient (Wildman–Crippen LogP) is 2.17. The zero-order valence-electron chi connectivity index (χ0n) is 12.5. The number of carbonyl (C=O) groups is 1. The van der Waals surface area contributed by atoms with Crippen molar-refractivity contribution in [1.82, 2.24) is 15.1 Å². The van der Waals surface area contributed by atoms with Crippen molar-refractivity contribution in [1.29, 1.82) is 0 Å². The summed E-state index contributed by atoms with van der Waals surface area (Å²) in [7, 11) is 1.82. The van der Waals surface area contributed by atoms with Gasteiger partial charge in [0.1, 0.15) is 19.5 Å². The Hall–Kier alpha value is -2.47. The van der Waals surface area contributed by atoms with E-state index in [1.165, 1.54) is 6.26 Å². The summed E-state index contributed by atoms with van der Waals surface area (Å²) in [5.41, 5.74) is 1.60. The highest BCUT2D eigenvalue weighted by Gasteiger charge is 2.23. The Morgan fingerprint density at radius 3 is 2.70 bits per heavy atom. The Balaban J connectivity index is 1.87. The number of aromatic nitrogens is 2. The molecule has 2 aromatic rings. The van der Waals surface area contributed by atoms with E-state index in [2.05, 4.69) is 10.4 Å². The molecule has 1 aromatic heterocycles. The second-order valence-electron chi connectivity index (χ2n) is 5.07. The van der Waals surface area contributed by atoms with Gasteiger partial charge in [-0.15, -0.1) is 0 Å². The van der Waals surface area contributed by atoms with Gasteiger partial charge in [0.25, 0.3) is 5.91 Å². The van der Waals surface area contributed by atoms with E-state index < -0.39 is 6.04 Å². The van der Waals surface area contributed by atoms with E-state index in [9.17, 15) is 4.79 Å². The number of carbonyl (C=O) groups excluding carboxylic acids is 1. The summed E-state index contributed by atoms with van der Waals surface area (Å²) < 4.78 is 12.1. The number of benzene rings is 1. The molecule has 1 N–H and O–H groups in total. The van der Waals surface area contributed by atoms with Gasteiger partial charge in [-0.3, -0.25) is 9.48 Å². The van der Waals surface area contributed by atoms with Crippen LogP contribution < -0.4 is 5.32 Å². The van der Waals surface area contributed by atoms with Crippen molar-refractivity contribution in [2.45, 2.75) is 6.04 Å².